The highest BCUT2D eigenvalue weighted by Gasteiger charge is 2.58. The van der Waals surface area contributed by atoms with E-state index in [2.05, 4.69) is 40.6 Å². The van der Waals surface area contributed by atoms with Crippen molar-refractivity contribution in [3.05, 3.63) is 182 Å². The van der Waals surface area contributed by atoms with Crippen molar-refractivity contribution in [3.63, 3.8) is 0 Å². The van der Waals surface area contributed by atoms with Crippen LogP contribution in [0.4, 0.5) is 24.9 Å². The van der Waals surface area contributed by atoms with Gasteiger partial charge in [0.15, 0.2) is 19.5 Å². The number of alkyl carbamates (subject to hydrolysis) is 3. The number of nitrogens with zero attached hydrogens (tertiary/aromatic N) is 5. The molecule has 32 nitrogen and oxygen atoms in total. The normalized spacial score (nSPS) is 25.7. The fraction of sp³-hybridized carbons (Fsp3) is 0.516. The molecule has 684 valence electrons. The van der Waals surface area contributed by atoms with Gasteiger partial charge in [-0.05, 0) is 212 Å². The van der Waals surface area contributed by atoms with E-state index >= 15 is 0 Å². The van der Waals surface area contributed by atoms with Crippen molar-refractivity contribution in [1.82, 2.24) is 42.0 Å². The Morgan fingerprint density at radius 3 is 1.01 bits per heavy atom. The maximum Gasteiger partial charge on any atom is 0.409 e. The van der Waals surface area contributed by atoms with Gasteiger partial charge in [0.1, 0.15) is 70.0 Å². The zero-order chi connectivity index (χ0) is 89.3. The monoisotopic (exact) mass is 1850 g/mol. The molecule has 0 atom stereocenters. The molecule has 12 saturated carbocycles. The topological polar surface area (TPSA) is 484 Å². The molecule has 12 aliphatic carbocycles. The molecule has 0 bridgehead atoms. The summed E-state index contributed by atoms with van der Waals surface area (Å²) < 4.78 is 49.5. The number of thiazole rings is 4. The van der Waals surface area contributed by atoms with Crippen LogP contribution in [0.3, 0.4) is 0 Å². The molecule has 8 aromatic rings. The van der Waals surface area contributed by atoms with Crippen LogP contribution in [0.15, 0.2) is 115 Å². The van der Waals surface area contributed by atoms with Gasteiger partial charge in [-0.25, -0.2) is 48.7 Å². The van der Waals surface area contributed by atoms with Gasteiger partial charge in [-0.1, -0.05) is 105 Å². The van der Waals surface area contributed by atoms with Gasteiger partial charge in [0, 0.05) is 71.6 Å². The first-order valence-corrected chi connectivity index (χ1v) is 47.3. The minimum atomic E-state index is -0.978. The molecule has 4 heterocycles. The number of rotatable bonds is 28. The van der Waals surface area contributed by atoms with Crippen LogP contribution in [0.2, 0.25) is 0 Å². The SMILES string of the molecule is CC.CCOC(=O)c1sc(C2CC2)nc1OC1CC2(CC(NC(=O)OCc3ccccc3)C2)C1.N.NC(=O)c1sc(C2CC2)nc1OC1CC2(CC(N)C2)C1.NC(=O)c1sc(C2CC2)nc1OC1CC2(CC(NC(=O)OCc3ccccc3)C2)C1.O=C(Cl)Oc1ccc([N+](=O)[O-])cc1.O=C(NC1CC2(C1)CC(Oc1nc(C3CC3)sc1C(=O)O)C2)OCc1ccccc1. The number of carbonyl (C=O) groups excluding carboxylic acids is 7. The average Bonchev–Trinajstić information content (AvgIpc) is 1.64. The highest BCUT2D eigenvalue weighted by molar-refractivity contribution is 7.15. The number of nitro groups is 1. The molecule has 13 N–H and O–H groups in total. The molecule has 0 saturated heterocycles. The van der Waals surface area contributed by atoms with Crippen molar-refractivity contribution in [2.45, 2.75) is 267 Å². The number of benzene rings is 4. The summed E-state index contributed by atoms with van der Waals surface area (Å²) in [5.74, 6) is 1.44. The second kappa shape index (κ2) is 41.0. The van der Waals surface area contributed by atoms with Gasteiger partial charge in [-0.15, -0.1) is 45.3 Å². The standard InChI is InChI=1S/C24H28N2O5S.C22H25N3O4S.C22H24N2O5S.C14H19N3O2S.C7H4ClNO4.C2H6.H3N/c1-2-29-22(27)19-20(26-21(32-19)16-8-9-16)31-18-12-24(13-18)10-17(11-24)25-23(28)30-14-15-6-4-3-5-7-15;23-18(26)17-19(25-20(30-17)14-6-7-14)29-16-10-22(11-16)8-15(9-22)24-21(27)28-12-13-4-2-1-3-5-13;25-20(26)17-18(24-19(30-17)14-6-7-14)29-16-10-22(11-16)8-15(9-22)23-21(27)28-12-13-4-2-1-3-5-13;15-8-3-14(4-8)5-9(6-14)19-12-10(11(16)18)20-13(17-12)7-1-2-7;8-7(10)13-6-3-1-5(2-4-6)9(11)12;1-2;/h3-7,16-18H,2,8-14H2,1H3,(H,25,28);1-5,14-16H,6-12H2,(H2,23,26)(H,24,27);1-5,14-16H,6-12H2,(H,23,27)(H,25,26);7-9H,1-6,15H2,(H2,16,18);1-4H;1-2H3;1H3. The van der Waals surface area contributed by atoms with Crippen LogP contribution in [-0.4, -0.2) is 133 Å². The quantitative estimate of drug-likeness (QED) is 0.00742. The number of aromatic nitrogens is 4. The van der Waals surface area contributed by atoms with Crippen LogP contribution in [0.25, 0.3) is 0 Å². The summed E-state index contributed by atoms with van der Waals surface area (Å²) >= 11 is 10.4. The molecule has 20 rings (SSSR count). The highest BCUT2D eigenvalue weighted by Crippen LogP contribution is 2.61. The van der Waals surface area contributed by atoms with Gasteiger partial charge < -0.3 is 87.0 Å². The minimum absolute atomic E-state index is 0. The number of aromatic carboxylic acids is 1. The highest BCUT2D eigenvalue weighted by atomic mass is 35.5. The van der Waals surface area contributed by atoms with Crippen LogP contribution in [-0.2, 0) is 38.8 Å². The zero-order valence-electron chi connectivity index (χ0n) is 71.6. The number of nitrogens with two attached hydrogens (primary N) is 3. The first-order chi connectivity index (χ1) is 61.2. The lowest BCUT2D eigenvalue weighted by Gasteiger charge is -2.56. The first-order valence-electron chi connectivity index (χ1n) is 43.7. The number of amides is 5. The molecule has 4 aromatic heterocycles. The van der Waals surface area contributed by atoms with Gasteiger partial charge in [0.25, 0.3) is 17.5 Å². The molecule has 0 unspecified atom stereocenters. The lowest BCUT2D eigenvalue weighted by Crippen LogP contribution is -2.58. The molecular formula is C91H109ClN12O20S4. The number of non-ortho nitro benzene ring substituents is 1. The Kier molecular flexibility index (Phi) is 30.0. The van der Waals surface area contributed by atoms with E-state index in [9.17, 15) is 53.6 Å². The summed E-state index contributed by atoms with van der Waals surface area (Å²) in [5, 5.41) is 32.3. The maximum atomic E-state index is 12.3. The van der Waals surface area contributed by atoms with E-state index in [1.807, 2.05) is 105 Å². The lowest BCUT2D eigenvalue weighted by atomic mass is 9.53. The average molecular weight is 1850 g/mol. The third-order valence-corrected chi connectivity index (χ3v) is 29.8. The Labute approximate surface area is 761 Å². The summed E-state index contributed by atoms with van der Waals surface area (Å²) in [6.45, 7) is 6.96. The van der Waals surface area contributed by atoms with E-state index in [1.54, 1.807) is 6.92 Å². The van der Waals surface area contributed by atoms with Gasteiger partial charge in [0.2, 0.25) is 23.5 Å². The van der Waals surface area contributed by atoms with E-state index < -0.39 is 28.1 Å². The van der Waals surface area contributed by atoms with E-state index in [0.717, 1.165) is 191 Å². The van der Waals surface area contributed by atoms with Crippen molar-refractivity contribution < 1.29 is 91.0 Å². The summed E-state index contributed by atoms with van der Waals surface area (Å²) in [5.41, 5.74) is 19.7. The first kappa shape index (κ1) is 93.5. The number of esters is 1. The van der Waals surface area contributed by atoms with Gasteiger partial charge in [0.05, 0.1) is 11.5 Å². The Morgan fingerprint density at radius 1 is 0.445 bits per heavy atom. The largest absolute Gasteiger partial charge is 0.477 e. The van der Waals surface area contributed by atoms with E-state index in [0.29, 0.717) is 74.0 Å². The predicted octanol–water partition coefficient (Wildman–Crippen LogP) is 18.2. The molecule has 4 aromatic carbocycles. The van der Waals surface area contributed by atoms with Crippen LogP contribution in [0, 0.1) is 31.8 Å². The smallest absolute Gasteiger partial charge is 0.409 e. The molecule has 37 heteroatoms. The number of nitrogens with one attached hydrogen (secondary N) is 3. The lowest BCUT2D eigenvalue weighted by molar-refractivity contribution is -0.384. The maximum absolute atomic E-state index is 12.3. The Bertz CT molecular complexity index is 5050. The van der Waals surface area contributed by atoms with Crippen LogP contribution in [0.5, 0.6) is 29.3 Å². The summed E-state index contributed by atoms with van der Waals surface area (Å²) in [4.78, 5) is 123. The number of carbonyl (C=O) groups is 8. The Hall–Kier alpha value is -10.6. The summed E-state index contributed by atoms with van der Waals surface area (Å²) in [6.07, 6.45) is 23.4. The number of nitro benzene ring substituents is 1. The van der Waals surface area contributed by atoms with Crippen LogP contribution >= 0.6 is 56.9 Å². The minimum Gasteiger partial charge on any atom is -0.477 e. The number of hydrogen-bond donors (Lipinski definition) is 8. The van der Waals surface area contributed by atoms with Gasteiger partial charge in [-0.3, -0.25) is 19.7 Å². The number of ether oxygens (including phenoxy) is 9. The molecule has 5 amide bonds. The summed E-state index contributed by atoms with van der Waals surface area (Å²) in [7, 11) is 0. The molecule has 12 fully saturated rings. The number of carboxylic acid groups (broad SMARTS) is 1. The summed E-state index contributed by atoms with van der Waals surface area (Å²) in [6, 6.07) is 34.7. The molecule has 12 aliphatic rings. The van der Waals surface area contributed by atoms with E-state index in [4.69, 9.17) is 66.7 Å². The van der Waals surface area contributed by atoms with Crippen molar-refractivity contribution in [2.24, 2.45) is 38.9 Å². The zero-order valence-corrected chi connectivity index (χ0v) is 75.6. The second-order valence-electron chi connectivity index (χ2n) is 35.4. The Morgan fingerprint density at radius 2 is 0.734 bits per heavy atom. The second-order valence-corrected chi connectivity index (χ2v) is 39.8. The number of carboxylic acids is 1. The van der Waals surface area contributed by atoms with Crippen LogP contribution < -0.4 is 63.0 Å². The van der Waals surface area contributed by atoms with Crippen molar-refractivity contribution >= 4 is 110 Å². The van der Waals surface area contributed by atoms with E-state index in [1.165, 1.54) is 69.6 Å². The third-order valence-electron chi connectivity index (χ3n) is 25.0. The molecule has 0 radical (unpaired) electrons. The third kappa shape index (κ3) is 24.3. The van der Waals surface area contributed by atoms with Gasteiger partial charge in [-0.2, -0.15) is 0 Å². The number of halogens is 1. The van der Waals surface area contributed by atoms with E-state index in [-0.39, 0.29) is 131 Å². The molecule has 0 aliphatic heterocycles. The predicted molar refractivity (Wildman–Crippen MR) is 478 cm³/mol. The fourth-order valence-electron chi connectivity index (χ4n) is 18.2. The molecule has 128 heavy (non-hydrogen) atoms. The van der Waals surface area contributed by atoms with Crippen molar-refractivity contribution in [2.75, 3.05) is 6.61 Å². The van der Waals surface area contributed by atoms with Gasteiger partial charge >= 0.3 is 35.6 Å². The van der Waals surface area contributed by atoms with Crippen molar-refractivity contribution in [1.29, 1.82) is 0 Å². The van der Waals surface area contributed by atoms with Crippen LogP contribution in [0.1, 0.15) is 274 Å². The number of hydrogen-bond acceptors (Lipinski definition) is 29. The van der Waals surface area contributed by atoms with Crippen molar-refractivity contribution in [3.8, 4) is 29.3 Å². The fourth-order valence-corrected chi connectivity index (χ4v) is 22.4. The molecule has 4 spiro atoms. The number of primary amides is 2. The molecular weight excluding hydrogens is 1740 g/mol. The Balaban J connectivity index is 0.000000132.